The third-order valence-corrected chi connectivity index (χ3v) is 7.77. The van der Waals surface area contributed by atoms with Crippen molar-refractivity contribution in [2.24, 2.45) is 17.8 Å². The fourth-order valence-corrected chi connectivity index (χ4v) is 6.31. The lowest BCUT2D eigenvalue weighted by atomic mass is 9.52. The molecule has 4 fully saturated rings. The maximum atomic E-state index is 12.4. The SMILES string of the molecule is CS(=O)(=O)c1ccc(OCCCC(=O)NC2C3CC4CC2CC(O)(C4)C3)cc1. The first kappa shape index (κ1) is 19.7. The van der Waals surface area contributed by atoms with Crippen LogP contribution in [0.5, 0.6) is 5.75 Å². The second-order valence-electron chi connectivity index (χ2n) is 8.98. The van der Waals surface area contributed by atoms with Gasteiger partial charge in [0, 0.05) is 18.7 Å². The molecule has 2 N–H and O–H groups in total. The summed E-state index contributed by atoms with van der Waals surface area (Å²) in [6.45, 7) is 0.408. The highest BCUT2D eigenvalue weighted by Gasteiger charge is 2.54. The van der Waals surface area contributed by atoms with Gasteiger partial charge in [-0.2, -0.15) is 0 Å². The standard InChI is InChI=1S/C21H29NO5S/c1-28(25,26)18-6-4-17(5-7-18)27-8-2-3-19(23)22-20-15-9-14-10-16(20)13-21(24,11-14)12-15/h4-7,14-16,20,24H,2-3,8-13H2,1H3,(H,22,23). The van der Waals surface area contributed by atoms with Crippen LogP contribution in [-0.4, -0.2) is 43.9 Å². The lowest BCUT2D eigenvalue weighted by Gasteiger charge is -2.58. The highest BCUT2D eigenvalue weighted by atomic mass is 32.2. The van der Waals surface area contributed by atoms with Crippen molar-refractivity contribution in [1.82, 2.24) is 5.32 Å². The Morgan fingerprint density at radius 1 is 1.18 bits per heavy atom. The average Bonchev–Trinajstić information content (AvgIpc) is 2.60. The molecule has 1 amide bonds. The van der Waals surface area contributed by atoms with Crippen LogP contribution in [0.1, 0.15) is 44.9 Å². The first-order chi connectivity index (χ1) is 13.2. The third-order valence-electron chi connectivity index (χ3n) is 6.64. The van der Waals surface area contributed by atoms with Crippen LogP contribution in [0.25, 0.3) is 0 Å². The van der Waals surface area contributed by atoms with Gasteiger partial charge in [0.15, 0.2) is 9.84 Å². The van der Waals surface area contributed by atoms with Gasteiger partial charge in [-0.15, -0.1) is 0 Å². The first-order valence-electron chi connectivity index (χ1n) is 10.2. The Morgan fingerprint density at radius 3 is 2.39 bits per heavy atom. The lowest BCUT2D eigenvalue weighted by molar-refractivity contribution is -0.146. The molecular weight excluding hydrogens is 378 g/mol. The number of carbonyl (C=O) groups excluding carboxylic acids is 1. The van der Waals surface area contributed by atoms with Gasteiger partial charge < -0.3 is 15.2 Å². The van der Waals surface area contributed by atoms with E-state index in [4.69, 9.17) is 4.74 Å². The number of sulfone groups is 1. The summed E-state index contributed by atoms with van der Waals surface area (Å²) in [6.07, 6.45) is 7.07. The highest BCUT2D eigenvalue weighted by molar-refractivity contribution is 7.90. The fourth-order valence-electron chi connectivity index (χ4n) is 5.68. The second kappa shape index (κ2) is 7.34. The van der Waals surface area contributed by atoms with Crippen molar-refractivity contribution in [1.29, 1.82) is 0 Å². The average molecular weight is 408 g/mol. The molecule has 4 aliphatic carbocycles. The zero-order chi connectivity index (χ0) is 19.9. The Morgan fingerprint density at radius 2 is 1.82 bits per heavy atom. The van der Waals surface area contributed by atoms with Gasteiger partial charge in [-0.05, 0) is 80.5 Å². The molecule has 6 nitrogen and oxygen atoms in total. The van der Waals surface area contributed by atoms with E-state index in [0.29, 0.717) is 43.0 Å². The normalized spacial score (nSPS) is 33.6. The second-order valence-corrected chi connectivity index (χ2v) is 11.0. The number of nitrogens with one attached hydrogen (secondary N) is 1. The minimum absolute atomic E-state index is 0.0560. The molecule has 4 aliphatic rings. The number of benzene rings is 1. The molecule has 5 rings (SSSR count). The van der Waals surface area contributed by atoms with Gasteiger partial charge in [-0.1, -0.05) is 0 Å². The molecule has 7 heteroatoms. The predicted octanol–water partition coefficient (Wildman–Crippen LogP) is 2.30. The molecule has 0 aromatic heterocycles. The van der Waals surface area contributed by atoms with Crippen LogP contribution >= 0.6 is 0 Å². The van der Waals surface area contributed by atoms with Gasteiger partial charge in [0.2, 0.25) is 5.91 Å². The summed E-state index contributed by atoms with van der Waals surface area (Å²) < 4.78 is 28.5. The maximum Gasteiger partial charge on any atom is 0.220 e. The van der Waals surface area contributed by atoms with Crippen LogP contribution in [0.4, 0.5) is 0 Å². The Balaban J connectivity index is 1.20. The van der Waals surface area contributed by atoms with Crippen LogP contribution in [0, 0.1) is 17.8 Å². The number of hydrogen-bond donors (Lipinski definition) is 2. The van der Waals surface area contributed by atoms with E-state index in [1.165, 1.54) is 18.4 Å². The molecule has 4 bridgehead atoms. The van der Waals surface area contributed by atoms with E-state index in [1.807, 2.05) is 0 Å². The Hall–Kier alpha value is -1.60. The van der Waals surface area contributed by atoms with Crippen molar-refractivity contribution < 1.29 is 23.1 Å². The third kappa shape index (κ3) is 4.20. The molecule has 0 aliphatic heterocycles. The minimum atomic E-state index is -3.21. The molecular formula is C21H29NO5S. The number of aliphatic hydroxyl groups is 1. The predicted molar refractivity (Wildman–Crippen MR) is 105 cm³/mol. The van der Waals surface area contributed by atoms with E-state index >= 15 is 0 Å². The van der Waals surface area contributed by atoms with Gasteiger partial charge in [-0.3, -0.25) is 4.79 Å². The first-order valence-corrected chi connectivity index (χ1v) is 12.1. The summed E-state index contributed by atoms with van der Waals surface area (Å²) in [5.74, 6) is 2.13. The Labute approximate surface area is 166 Å². The monoisotopic (exact) mass is 407 g/mol. The van der Waals surface area contributed by atoms with Crippen molar-refractivity contribution in [3.63, 3.8) is 0 Å². The van der Waals surface area contributed by atoms with Crippen LogP contribution in [0.2, 0.25) is 0 Å². The lowest BCUT2D eigenvalue weighted by Crippen LogP contribution is -2.61. The van der Waals surface area contributed by atoms with E-state index in [-0.39, 0.29) is 16.8 Å². The smallest absolute Gasteiger partial charge is 0.220 e. The van der Waals surface area contributed by atoms with Crippen LogP contribution in [0.3, 0.4) is 0 Å². The molecule has 2 atom stereocenters. The molecule has 1 aromatic carbocycles. The summed E-state index contributed by atoms with van der Waals surface area (Å²) >= 11 is 0. The number of hydrogen-bond acceptors (Lipinski definition) is 5. The highest BCUT2D eigenvalue weighted by Crippen LogP contribution is 2.55. The molecule has 0 radical (unpaired) electrons. The van der Waals surface area contributed by atoms with E-state index in [1.54, 1.807) is 12.1 Å². The molecule has 0 spiro atoms. The quantitative estimate of drug-likeness (QED) is 0.677. The van der Waals surface area contributed by atoms with Gasteiger partial charge in [0.05, 0.1) is 17.1 Å². The molecule has 0 saturated heterocycles. The molecule has 4 saturated carbocycles. The number of rotatable bonds is 7. The summed E-state index contributed by atoms with van der Waals surface area (Å²) in [5, 5.41) is 13.9. The van der Waals surface area contributed by atoms with Crippen molar-refractivity contribution in [3.8, 4) is 5.75 Å². The van der Waals surface area contributed by atoms with Gasteiger partial charge in [-0.25, -0.2) is 8.42 Å². The largest absolute Gasteiger partial charge is 0.494 e. The van der Waals surface area contributed by atoms with E-state index in [0.717, 1.165) is 32.1 Å². The Bertz CT molecular complexity index is 819. The zero-order valence-electron chi connectivity index (χ0n) is 16.3. The van der Waals surface area contributed by atoms with Crippen molar-refractivity contribution in [3.05, 3.63) is 24.3 Å². The van der Waals surface area contributed by atoms with E-state index < -0.39 is 15.4 Å². The maximum absolute atomic E-state index is 12.4. The van der Waals surface area contributed by atoms with E-state index in [9.17, 15) is 18.3 Å². The molecule has 28 heavy (non-hydrogen) atoms. The molecule has 154 valence electrons. The zero-order valence-corrected chi connectivity index (χ0v) is 17.1. The topological polar surface area (TPSA) is 92.7 Å². The van der Waals surface area contributed by atoms with Crippen molar-refractivity contribution in [2.45, 2.75) is 61.5 Å². The van der Waals surface area contributed by atoms with Crippen LogP contribution in [-0.2, 0) is 14.6 Å². The van der Waals surface area contributed by atoms with Gasteiger partial charge in [0.25, 0.3) is 0 Å². The summed E-state index contributed by atoms with van der Waals surface area (Å²) in [6, 6.07) is 6.54. The van der Waals surface area contributed by atoms with Gasteiger partial charge in [0.1, 0.15) is 5.75 Å². The summed E-state index contributed by atoms with van der Waals surface area (Å²) in [5.41, 5.74) is -0.474. The number of amides is 1. The number of ether oxygens (including phenoxy) is 1. The Kier molecular flexibility index (Phi) is 5.16. The van der Waals surface area contributed by atoms with Crippen molar-refractivity contribution >= 4 is 15.7 Å². The summed E-state index contributed by atoms with van der Waals surface area (Å²) in [4.78, 5) is 12.6. The van der Waals surface area contributed by atoms with Crippen LogP contribution < -0.4 is 10.1 Å². The van der Waals surface area contributed by atoms with Crippen LogP contribution in [0.15, 0.2) is 29.2 Å². The summed E-state index contributed by atoms with van der Waals surface area (Å²) in [7, 11) is -3.21. The minimum Gasteiger partial charge on any atom is -0.494 e. The van der Waals surface area contributed by atoms with E-state index in [2.05, 4.69) is 5.32 Å². The molecule has 0 heterocycles. The number of carbonyl (C=O) groups is 1. The molecule has 1 aromatic rings. The fraction of sp³-hybridized carbons (Fsp3) is 0.667. The van der Waals surface area contributed by atoms with Crippen molar-refractivity contribution in [2.75, 3.05) is 12.9 Å². The molecule has 2 unspecified atom stereocenters. The van der Waals surface area contributed by atoms with Gasteiger partial charge >= 0.3 is 0 Å².